The van der Waals surface area contributed by atoms with Gasteiger partial charge in [0.25, 0.3) is 0 Å². The van der Waals surface area contributed by atoms with Gasteiger partial charge in [0.05, 0.1) is 0 Å². The Morgan fingerprint density at radius 2 is 1.63 bits per heavy atom. The van der Waals surface area contributed by atoms with Crippen LogP contribution in [0.5, 0.6) is 0 Å². The molecule has 0 N–H and O–H groups in total. The number of benzene rings is 4. The smallest absolute Gasteiger partial charge is 0.0352 e. The number of aryl methyl sites for hydroxylation is 1. The van der Waals surface area contributed by atoms with E-state index in [9.17, 15) is 0 Å². The van der Waals surface area contributed by atoms with Crippen LogP contribution in [0.3, 0.4) is 0 Å². The number of nitrogens with zero attached hydrogens (tertiary/aromatic N) is 2. The molecule has 49 heavy (non-hydrogen) atoms. The first-order valence-corrected chi connectivity index (χ1v) is 24.9. The van der Waals surface area contributed by atoms with Crippen molar-refractivity contribution in [3.8, 4) is 33.6 Å². The number of rotatable bonds is 5. The van der Waals surface area contributed by atoms with Gasteiger partial charge in [0.2, 0.25) is 0 Å². The van der Waals surface area contributed by atoms with Gasteiger partial charge >= 0.3 is 110 Å². The van der Waals surface area contributed by atoms with Gasteiger partial charge in [0.15, 0.2) is 0 Å². The maximum absolute atomic E-state index is 9.04. The first kappa shape index (κ1) is 30.4. The first-order valence-electron chi connectivity index (χ1n) is 18.8. The van der Waals surface area contributed by atoms with Gasteiger partial charge < -0.3 is 4.98 Å². The summed E-state index contributed by atoms with van der Waals surface area (Å²) >= 11 is -0.0165. The van der Waals surface area contributed by atoms with E-state index in [4.69, 9.17) is 10.5 Å². The van der Waals surface area contributed by atoms with Crippen LogP contribution in [0, 0.1) is 19.0 Å². The van der Waals surface area contributed by atoms with Crippen molar-refractivity contribution < 1.29 is 25.6 Å². The Morgan fingerprint density at radius 1 is 0.796 bits per heavy atom. The third kappa shape index (κ3) is 8.16. The molecule has 0 bridgehead atoms. The number of aromatic nitrogens is 2. The van der Waals surface area contributed by atoms with Gasteiger partial charge in [-0.3, -0.25) is 0 Å². The average Bonchev–Trinajstić information content (AvgIpc) is 3.53. The molecule has 1 aliphatic carbocycles. The van der Waals surface area contributed by atoms with Crippen LogP contribution in [0.15, 0.2) is 116 Å². The Bertz CT molecular complexity index is 2250. The number of hydrogen-bond donors (Lipinski definition) is 0. The molecule has 2 nitrogen and oxygen atoms in total. The standard InChI is InChI=1S/C29H24NS.C15H18GeN.Ir/c1-3-8-20(9-4-1)22-14-15-24-25-12-7-13-26(29(25)31-28(24)19-22)27-18-23(16-17-30-27)21-10-5-2-6-11-21;1-12-5-7-13(8-6-12)15-10-9-14(11-17-15)16(2,3)4;/h1,3-4,7-9,12,14-19,21H,2,5-6,10-11H2;5-7,9-11H,1-4H3;/q2*-1;/i21D;1D3;. The van der Waals surface area contributed by atoms with Gasteiger partial charge in [-0.05, 0) is 57.8 Å². The summed E-state index contributed by atoms with van der Waals surface area (Å²) in [6.07, 6.45) is 9.24. The van der Waals surface area contributed by atoms with Crippen LogP contribution >= 0.6 is 11.3 Å². The van der Waals surface area contributed by atoms with Crippen molar-refractivity contribution >= 4 is 49.2 Å². The molecule has 1 saturated carbocycles. The number of thiophene rings is 1. The minimum atomic E-state index is -2.08. The minimum absolute atomic E-state index is 0. The molecule has 0 saturated heterocycles. The summed E-state index contributed by atoms with van der Waals surface area (Å²) in [5, 5.41) is 2.53. The molecule has 249 valence electrons. The van der Waals surface area contributed by atoms with Crippen LogP contribution in [0.2, 0.25) is 17.3 Å². The zero-order valence-electron chi connectivity index (χ0n) is 32.1. The molecule has 8 rings (SSSR count). The van der Waals surface area contributed by atoms with Crippen LogP contribution in [0.1, 0.15) is 54.6 Å². The SMILES string of the molecule is [2H]C([2H])([2H])c1c[c-]c(-c2cc[c]([Ge]([CH3])([CH3])[CH3])cn2)cc1.[2H]C1(c2ccnc(-c3[c-]ccc4c3sc3cc(-c5ccccc5)ccc34)c2)CCCCC1.[Ir]. The monoisotopic (exact) mass is 901 g/mol. The summed E-state index contributed by atoms with van der Waals surface area (Å²) in [6, 6.07) is 41.2. The molecule has 0 aliphatic heterocycles. The van der Waals surface area contributed by atoms with E-state index in [1.54, 1.807) is 12.1 Å². The number of fused-ring (bicyclic) bond motifs is 3. The molecule has 3 heterocycles. The Hall–Kier alpha value is -3.41. The predicted octanol–water partition coefficient (Wildman–Crippen LogP) is 12.0. The normalized spacial score (nSPS) is 15.6. The Balaban J connectivity index is 0.000000199. The van der Waals surface area contributed by atoms with Gasteiger partial charge in [-0.2, -0.15) is 11.3 Å². The summed E-state index contributed by atoms with van der Waals surface area (Å²) in [5.41, 5.74) is 7.52. The zero-order valence-corrected chi connectivity index (χ0v) is 33.5. The fourth-order valence-electron chi connectivity index (χ4n) is 6.38. The molecule has 1 aliphatic rings. The maximum Gasteiger partial charge on any atom is 0.0352 e. The third-order valence-electron chi connectivity index (χ3n) is 9.14. The largest absolute Gasteiger partial charge is 0.305 e. The van der Waals surface area contributed by atoms with Gasteiger partial charge in [-0.1, -0.05) is 78.7 Å². The summed E-state index contributed by atoms with van der Waals surface area (Å²) in [4.78, 5) is 9.20. The van der Waals surface area contributed by atoms with Crippen LogP contribution in [-0.4, -0.2) is 23.2 Å². The van der Waals surface area contributed by atoms with E-state index in [0.717, 1.165) is 53.8 Å². The van der Waals surface area contributed by atoms with Crippen LogP contribution < -0.4 is 4.40 Å². The van der Waals surface area contributed by atoms with Crippen LogP contribution in [-0.2, 0) is 20.1 Å². The number of hydrogen-bond acceptors (Lipinski definition) is 3. The van der Waals surface area contributed by atoms with Crippen LogP contribution in [0.25, 0.3) is 53.8 Å². The van der Waals surface area contributed by atoms with Crippen molar-refractivity contribution in [1.29, 1.82) is 0 Å². The summed E-state index contributed by atoms with van der Waals surface area (Å²) in [7, 11) is 0. The second kappa shape index (κ2) is 15.6. The van der Waals surface area contributed by atoms with Gasteiger partial charge in [0.1, 0.15) is 0 Å². The molecule has 3 aromatic heterocycles. The van der Waals surface area contributed by atoms with Gasteiger partial charge in [-0.15, -0.1) is 23.8 Å². The second-order valence-corrected chi connectivity index (χ2v) is 25.2. The fourth-order valence-corrected chi connectivity index (χ4v) is 9.80. The number of pyridine rings is 2. The quantitative estimate of drug-likeness (QED) is 0.127. The Kier molecular flexibility index (Phi) is 9.71. The van der Waals surface area contributed by atoms with E-state index in [1.807, 2.05) is 41.9 Å². The summed E-state index contributed by atoms with van der Waals surface area (Å²) in [5.74, 6) is 6.50. The van der Waals surface area contributed by atoms with Crippen molar-refractivity contribution in [3.63, 3.8) is 0 Å². The van der Waals surface area contributed by atoms with E-state index in [0.29, 0.717) is 5.56 Å². The van der Waals surface area contributed by atoms with Crippen molar-refractivity contribution in [1.82, 2.24) is 9.97 Å². The van der Waals surface area contributed by atoms with Gasteiger partial charge in [0, 0.05) is 32.4 Å². The second-order valence-electron chi connectivity index (χ2n) is 13.5. The predicted molar refractivity (Wildman–Crippen MR) is 209 cm³/mol. The fraction of sp³-hybridized carbons (Fsp3) is 0.227. The van der Waals surface area contributed by atoms with Crippen molar-refractivity contribution in [2.75, 3.05) is 0 Å². The van der Waals surface area contributed by atoms with E-state index >= 15 is 0 Å². The molecule has 1 fully saturated rings. The van der Waals surface area contributed by atoms with Crippen LogP contribution in [0.4, 0.5) is 0 Å². The Labute approximate surface area is 317 Å². The average molecular weight is 900 g/mol. The molecule has 7 aromatic rings. The molecule has 0 amide bonds. The molecular formula is C44H42GeIrN2S-2. The minimum Gasteiger partial charge on any atom is -0.305 e. The molecule has 0 atom stereocenters. The van der Waals surface area contributed by atoms with E-state index in [2.05, 4.69) is 101 Å². The topological polar surface area (TPSA) is 25.8 Å². The molecule has 1 radical (unpaired) electrons. The zero-order chi connectivity index (χ0) is 36.5. The molecule has 4 aromatic carbocycles. The van der Waals surface area contributed by atoms with E-state index in [1.165, 1.54) is 48.2 Å². The van der Waals surface area contributed by atoms with Crippen molar-refractivity contribution in [3.05, 3.63) is 139 Å². The third-order valence-corrected chi connectivity index (χ3v) is 14.6. The summed E-state index contributed by atoms with van der Waals surface area (Å²) < 4.78 is 34.9. The van der Waals surface area contributed by atoms with E-state index < -0.39 is 26.0 Å². The molecular weight excluding hydrogens is 853 g/mol. The van der Waals surface area contributed by atoms with Gasteiger partial charge in [-0.25, -0.2) is 0 Å². The van der Waals surface area contributed by atoms with Crippen molar-refractivity contribution in [2.45, 2.75) is 62.1 Å². The first-order chi connectivity index (χ1) is 24.9. The Morgan fingerprint density at radius 3 is 2.35 bits per heavy atom. The molecule has 0 spiro atoms. The molecule has 0 unspecified atom stereocenters. The molecule has 5 heteroatoms. The summed E-state index contributed by atoms with van der Waals surface area (Å²) in [6.45, 7) is -2.08. The van der Waals surface area contributed by atoms with Crippen molar-refractivity contribution in [2.24, 2.45) is 0 Å². The van der Waals surface area contributed by atoms with E-state index in [-0.39, 0.29) is 20.1 Å². The maximum atomic E-state index is 9.04.